The Balaban J connectivity index is 2.76. The van der Waals surface area contributed by atoms with Crippen LogP contribution in [0.1, 0.15) is 18.2 Å². The van der Waals surface area contributed by atoms with Gasteiger partial charge in [0.1, 0.15) is 5.82 Å². The molecule has 0 aromatic carbocycles. The molecule has 1 aromatic rings. The van der Waals surface area contributed by atoms with E-state index in [1.54, 1.807) is 13.8 Å². The molecule has 76 valence electrons. The highest BCUT2D eigenvalue weighted by Gasteiger charge is 2.10. The molecule has 0 radical (unpaired) electrons. The van der Waals surface area contributed by atoms with Crippen molar-refractivity contribution in [2.45, 2.75) is 20.3 Å². The monoisotopic (exact) mass is 197 g/mol. The Labute approximate surface area is 81.9 Å². The van der Waals surface area contributed by atoms with Crippen LogP contribution in [0.4, 0.5) is 4.39 Å². The summed E-state index contributed by atoms with van der Waals surface area (Å²) in [7, 11) is 0. The predicted molar refractivity (Wildman–Crippen MR) is 49.3 cm³/mol. The number of hydrogen-bond donors (Lipinski definition) is 0. The van der Waals surface area contributed by atoms with Crippen LogP contribution in [0.25, 0.3) is 0 Å². The van der Waals surface area contributed by atoms with E-state index in [0.29, 0.717) is 17.9 Å². The van der Waals surface area contributed by atoms with E-state index < -0.39 is 0 Å². The lowest BCUT2D eigenvalue weighted by Gasteiger charge is -2.04. The van der Waals surface area contributed by atoms with Gasteiger partial charge in [-0.2, -0.15) is 0 Å². The number of nitrogens with zero attached hydrogens (tertiary/aromatic N) is 1. The van der Waals surface area contributed by atoms with Crippen LogP contribution in [0, 0.1) is 12.7 Å². The van der Waals surface area contributed by atoms with Gasteiger partial charge in [0, 0.05) is 11.8 Å². The fourth-order valence-electron chi connectivity index (χ4n) is 1.08. The van der Waals surface area contributed by atoms with Gasteiger partial charge in [-0.3, -0.25) is 9.78 Å². The van der Waals surface area contributed by atoms with Crippen molar-refractivity contribution in [3.63, 3.8) is 0 Å². The summed E-state index contributed by atoms with van der Waals surface area (Å²) < 4.78 is 17.8. The van der Waals surface area contributed by atoms with E-state index >= 15 is 0 Å². The fourth-order valence-corrected chi connectivity index (χ4v) is 1.08. The third kappa shape index (κ3) is 2.52. The van der Waals surface area contributed by atoms with E-state index in [2.05, 4.69) is 4.98 Å². The molecule has 0 unspecified atom stereocenters. The molecule has 0 fully saturated rings. The molecule has 0 aliphatic heterocycles. The number of hydrogen-bond acceptors (Lipinski definition) is 3. The second-order valence-electron chi connectivity index (χ2n) is 2.85. The first-order valence-corrected chi connectivity index (χ1v) is 4.40. The van der Waals surface area contributed by atoms with Crippen LogP contribution < -0.4 is 0 Å². The average Bonchev–Trinajstić information content (AvgIpc) is 2.13. The van der Waals surface area contributed by atoms with E-state index in [4.69, 9.17) is 4.74 Å². The predicted octanol–water partition coefficient (Wildman–Crippen LogP) is 1.63. The van der Waals surface area contributed by atoms with Gasteiger partial charge in [-0.25, -0.2) is 4.39 Å². The lowest BCUT2D eigenvalue weighted by Crippen LogP contribution is -2.10. The summed E-state index contributed by atoms with van der Waals surface area (Å²) in [5.74, 6) is -0.729. The number of carbonyl (C=O) groups excluding carboxylic acids is 1. The van der Waals surface area contributed by atoms with E-state index in [1.165, 1.54) is 12.3 Å². The first-order chi connectivity index (χ1) is 6.65. The highest BCUT2D eigenvalue weighted by atomic mass is 19.1. The summed E-state index contributed by atoms with van der Waals surface area (Å²) in [6, 6.07) is 1.27. The number of aromatic nitrogens is 1. The Hall–Kier alpha value is -1.45. The van der Waals surface area contributed by atoms with Crippen molar-refractivity contribution in [2.24, 2.45) is 0 Å². The van der Waals surface area contributed by atoms with Gasteiger partial charge in [0.25, 0.3) is 0 Å². The smallest absolute Gasteiger partial charge is 0.311 e. The van der Waals surface area contributed by atoms with Crippen molar-refractivity contribution >= 4 is 5.97 Å². The van der Waals surface area contributed by atoms with Gasteiger partial charge in [0.15, 0.2) is 0 Å². The second kappa shape index (κ2) is 4.69. The van der Waals surface area contributed by atoms with E-state index in [-0.39, 0.29) is 18.2 Å². The van der Waals surface area contributed by atoms with Crippen molar-refractivity contribution in [2.75, 3.05) is 6.61 Å². The van der Waals surface area contributed by atoms with E-state index in [1.807, 2.05) is 0 Å². The van der Waals surface area contributed by atoms with E-state index in [9.17, 15) is 9.18 Å². The van der Waals surface area contributed by atoms with Gasteiger partial charge >= 0.3 is 5.97 Å². The Kier molecular flexibility index (Phi) is 3.56. The molecule has 14 heavy (non-hydrogen) atoms. The maximum absolute atomic E-state index is 13.0. The number of halogens is 1. The molecular formula is C10H12FNO2. The van der Waals surface area contributed by atoms with Crippen LogP contribution in [0.2, 0.25) is 0 Å². The standard InChI is InChI=1S/C10H12FNO2/c1-3-14-10(13)6-9-7(2)8(11)4-5-12-9/h4-5H,3,6H2,1-2H3. The minimum absolute atomic E-state index is 0.0252. The summed E-state index contributed by atoms with van der Waals surface area (Å²) in [6.07, 6.45) is 1.37. The largest absolute Gasteiger partial charge is 0.466 e. The van der Waals surface area contributed by atoms with E-state index in [0.717, 1.165) is 0 Å². The number of esters is 1. The molecule has 0 bridgehead atoms. The summed E-state index contributed by atoms with van der Waals surface area (Å²) in [5, 5.41) is 0. The number of carbonyl (C=O) groups is 1. The lowest BCUT2D eigenvalue weighted by atomic mass is 10.1. The Morgan fingerprint density at radius 2 is 2.36 bits per heavy atom. The van der Waals surface area contributed by atoms with Crippen LogP contribution in [0.15, 0.2) is 12.3 Å². The van der Waals surface area contributed by atoms with Gasteiger partial charge in [-0.1, -0.05) is 0 Å². The zero-order chi connectivity index (χ0) is 10.6. The third-order valence-corrected chi connectivity index (χ3v) is 1.86. The third-order valence-electron chi connectivity index (χ3n) is 1.86. The molecule has 1 aromatic heterocycles. The molecule has 3 nitrogen and oxygen atoms in total. The molecule has 0 spiro atoms. The van der Waals surface area contributed by atoms with Crippen LogP contribution in [0.3, 0.4) is 0 Å². The molecule has 0 saturated heterocycles. The van der Waals surface area contributed by atoms with Gasteiger partial charge in [-0.15, -0.1) is 0 Å². The maximum Gasteiger partial charge on any atom is 0.311 e. The SMILES string of the molecule is CCOC(=O)Cc1nccc(F)c1C. The highest BCUT2D eigenvalue weighted by molar-refractivity contribution is 5.72. The zero-order valence-electron chi connectivity index (χ0n) is 8.21. The minimum Gasteiger partial charge on any atom is -0.466 e. The topological polar surface area (TPSA) is 39.2 Å². The molecule has 1 heterocycles. The normalized spacial score (nSPS) is 9.93. The number of pyridine rings is 1. The summed E-state index contributed by atoms with van der Waals surface area (Å²) in [5.41, 5.74) is 0.837. The highest BCUT2D eigenvalue weighted by Crippen LogP contribution is 2.09. The van der Waals surface area contributed by atoms with Crippen molar-refractivity contribution in [3.05, 3.63) is 29.3 Å². The first kappa shape index (κ1) is 10.6. The molecule has 4 heteroatoms. The zero-order valence-corrected chi connectivity index (χ0v) is 8.21. The quantitative estimate of drug-likeness (QED) is 0.691. The minimum atomic E-state index is -0.381. The summed E-state index contributed by atoms with van der Waals surface area (Å²) in [6.45, 7) is 3.65. The molecular weight excluding hydrogens is 185 g/mol. The average molecular weight is 197 g/mol. The first-order valence-electron chi connectivity index (χ1n) is 4.40. The Morgan fingerprint density at radius 3 is 3.00 bits per heavy atom. The van der Waals surface area contributed by atoms with Gasteiger partial charge in [-0.05, 0) is 19.9 Å². The summed E-state index contributed by atoms with van der Waals surface area (Å²) in [4.78, 5) is 15.0. The van der Waals surface area contributed by atoms with Gasteiger partial charge in [0.05, 0.1) is 18.7 Å². The fraction of sp³-hybridized carbons (Fsp3) is 0.400. The van der Waals surface area contributed by atoms with Crippen molar-refractivity contribution < 1.29 is 13.9 Å². The molecule has 0 amide bonds. The van der Waals surface area contributed by atoms with Crippen molar-refractivity contribution in [1.29, 1.82) is 0 Å². The van der Waals surface area contributed by atoms with Crippen LogP contribution in [-0.4, -0.2) is 17.6 Å². The summed E-state index contributed by atoms with van der Waals surface area (Å²) >= 11 is 0. The number of ether oxygens (including phenoxy) is 1. The van der Waals surface area contributed by atoms with Crippen LogP contribution in [-0.2, 0) is 16.0 Å². The molecule has 0 atom stereocenters. The van der Waals surface area contributed by atoms with Gasteiger partial charge < -0.3 is 4.74 Å². The lowest BCUT2D eigenvalue weighted by molar-refractivity contribution is -0.142. The molecule has 0 saturated carbocycles. The number of rotatable bonds is 3. The molecule has 0 aliphatic rings. The van der Waals surface area contributed by atoms with Gasteiger partial charge in [0.2, 0.25) is 0 Å². The Morgan fingerprint density at radius 1 is 1.64 bits per heavy atom. The Bertz CT molecular complexity index is 339. The molecule has 0 aliphatic carbocycles. The van der Waals surface area contributed by atoms with Crippen molar-refractivity contribution in [1.82, 2.24) is 4.98 Å². The maximum atomic E-state index is 13.0. The van der Waals surface area contributed by atoms with Crippen LogP contribution >= 0.6 is 0 Å². The molecule has 1 rings (SSSR count). The molecule has 0 N–H and O–H groups in total. The van der Waals surface area contributed by atoms with Crippen LogP contribution in [0.5, 0.6) is 0 Å². The second-order valence-corrected chi connectivity index (χ2v) is 2.85. The van der Waals surface area contributed by atoms with Crippen molar-refractivity contribution in [3.8, 4) is 0 Å².